The van der Waals surface area contributed by atoms with Crippen LogP contribution in [0.2, 0.25) is 0 Å². The molecular weight excluding hydrogens is 618 g/mol. The van der Waals surface area contributed by atoms with Gasteiger partial charge in [-0.15, -0.1) is 0 Å². The van der Waals surface area contributed by atoms with E-state index < -0.39 is 12.2 Å². The maximum atomic E-state index is 14.4. The Kier molecular flexibility index (Phi) is 9.39. The first-order valence-electron chi connectivity index (χ1n) is 18.2. The molecule has 4 aliphatic carbocycles. The van der Waals surface area contributed by atoms with Gasteiger partial charge < -0.3 is 19.6 Å². The van der Waals surface area contributed by atoms with Crippen molar-refractivity contribution in [1.29, 1.82) is 0 Å². The highest BCUT2D eigenvalue weighted by molar-refractivity contribution is 5.95. The zero-order chi connectivity index (χ0) is 34.2. The van der Waals surface area contributed by atoms with Gasteiger partial charge in [-0.3, -0.25) is 14.4 Å². The van der Waals surface area contributed by atoms with Gasteiger partial charge in [-0.25, -0.2) is 14.8 Å². The Morgan fingerprint density at radius 1 is 0.959 bits per heavy atom. The molecule has 8 rings (SSSR count). The minimum Gasteiger partial charge on any atom is -0.447 e. The summed E-state index contributed by atoms with van der Waals surface area (Å²) in [6.45, 7) is 3.47. The van der Waals surface area contributed by atoms with Crippen LogP contribution in [0.25, 0.3) is 11.1 Å². The summed E-state index contributed by atoms with van der Waals surface area (Å²) < 4.78 is 7.26. The van der Waals surface area contributed by atoms with Crippen molar-refractivity contribution in [3.8, 4) is 11.1 Å². The largest absolute Gasteiger partial charge is 0.447 e. The Morgan fingerprint density at radius 2 is 1.69 bits per heavy atom. The molecule has 5 fully saturated rings. The van der Waals surface area contributed by atoms with Gasteiger partial charge in [-0.1, -0.05) is 25.3 Å². The average Bonchev–Trinajstić information content (AvgIpc) is 3.63. The van der Waals surface area contributed by atoms with Crippen LogP contribution in [0.3, 0.4) is 0 Å². The number of ether oxygens (including phenoxy) is 1. The quantitative estimate of drug-likeness (QED) is 0.280. The molecule has 11 heteroatoms. The van der Waals surface area contributed by atoms with Gasteiger partial charge in [0.25, 0.3) is 0 Å². The number of carbonyl (C=O) groups is 2. The Hall–Kier alpha value is -3.99. The van der Waals surface area contributed by atoms with Gasteiger partial charge in [0.2, 0.25) is 5.91 Å². The lowest BCUT2D eigenvalue weighted by Gasteiger charge is -2.55. The molecule has 1 aliphatic heterocycles. The zero-order valence-corrected chi connectivity index (χ0v) is 29.3. The van der Waals surface area contributed by atoms with Crippen LogP contribution in [0.1, 0.15) is 89.2 Å². The van der Waals surface area contributed by atoms with E-state index in [1.165, 1.54) is 16.9 Å². The van der Waals surface area contributed by atoms with E-state index in [2.05, 4.69) is 23.4 Å². The highest BCUT2D eigenvalue weighted by atomic mass is 16.6. The number of amides is 2. The maximum absolute atomic E-state index is 14.4. The topological polar surface area (TPSA) is 117 Å². The van der Waals surface area contributed by atoms with Crippen molar-refractivity contribution in [3.05, 3.63) is 54.6 Å². The standard InChI is InChI=1S/C38H51N7O4/c1-27(25-49-36(48)43-23-32(46)24-43)45-22-30(20-41-45)29-11-18-39-34(19-29)44(35(47)28-7-5-4-6-8-28)26-37-12-15-38(16-13-37,17-14-37)31-9-10-33(40-21-31)42(2)3/h9-11,18-22,27-28,32,46H,4-8,12-17,23-26H2,1-3H3. The Morgan fingerprint density at radius 3 is 2.35 bits per heavy atom. The highest BCUT2D eigenvalue weighted by Crippen LogP contribution is 2.58. The number of likely N-dealkylation sites (tertiary alicyclic amines) is 1. The van der Waals surface area contributed by atoms with E-state index in [4.69, 9.17) is 14.7 Å². The summed E-state index contributed by atoms with van der Waals surface area (Å²) in [5.74, 6) is 1.99. The average molecular weight is 670 g/mol. The first-order valence-corrected chi connectivity index (χ1v) is 18.2. The summed E-state index contributed by atoms with van der Waals surface area (Å²) in [5.41, 5.74) is 3.51. The van der Waals surface area contributed by atoms with Crippen LogP contribution in [0, 0.1) is 11.3 Å². The number of aliphatic hydroxyl groups is 1. The molecule has 262 valence electrons. The molecule has 1 saturated heterocycles. The Labute approximate surface area is 289 Å². The normalized spacial score (nSPS) is 24.7. The molecule has 4 saturated carbocycles. The summed E-state index contributed by atoms with van der Waals surface area (Å²) in [5, 5.41) is 14.0. The van der Waals surface area contributed by atoms with Crippen LogP contribution in [0.15, 0.2) is 49.1 Å². The number of β-amino-alcohol motifs (C(OH)–C–C–N with tert-alkyl or cyclic N) is 1. The van der Waals surface area contributed by atoms with Gasteiger partial charge in [-0.05, 0) is 98.4 Å². The molecule has 0 aromatic carbocycles. The van der Waals surface area contributed by atoms with Gasteiger partial charge in [0.05, 0.1) is 31.4 Å². The SMILES string of the molecule is CC(COC(=O)N1CC(O)C1)n1cc(-c2ccnc(N(CC34CCC(c5ccc(N(C)C)nc5)(CC3)CC4)C(=O)C3CCCCC3)c2)cn1. The molecule has 5 aliphatic rings. The summed E-state index contributed by atoms with van der Waals surface area (Å²) >= 11 is 0. The molecule has 1 unspecified atom stereocenters. The fourth-order valence-corrected chi connectivity index (χ4v) is 8.51. The van der Waals surface area contributed by atoms with Crippen LogP contribution < -0.4 is 9.80 Å². The minimum atomic E-state index is -0.461. The first-order chi connectivity index (χ1) is 23.6. The van der Waals surface area contributed by atoms with E-state index in [9.17, 15) is 14.7 Å². The molecule has 0 spiro atoms. The molecule has 0 radical (unpaired) electrons. The number of rotatable bonds is 10. The highest BCUT2D eigenvalue weighted by Gasteiger charge is 2.51. The molecule has 3 aromatic rings. The third kappa shape index (κ3) is 6.91. The van der Waals surface area contributed by atoms with Crippen molar-refractivity contribution >= 4 is 23.6 Å². The van der Waals surface area contributed by atoms with E-state index in [1.807, 2.05) is 61.5 Å². The first kappa shape index (κ1) is 33.5. The van der Waals surface area contributed by atoms with Crippen molar-refractivity contribution in [2.24, 2.45) is 11.3 Å². The maximum Gasteiger partial charge on any atom is 0.410 e. The lowest BCUT2D eigenvalue weighted by Crippen LogP contribution is -2.53. The molecular formula is C38H51N7O4. The smallest absolute Gasteiger partial charge is 0.410 e. The third-order valence-electron chi connectivity index (χ3n) is 11.9. The van der Waals surface area contributed by atoms with E-state index in [-0.39, 0.29) is 35.3 Å². The fraction of sp³-hybridized carbons (Fsp3) is 0.605. The van der Waals surface area contributed by atoms with Gasteiger partial charge in [0.15, 0.2) is 0 Å². The molecule has 11 nitrogen and oxygen atoms in total. The van der Waals surface area contributed by atoms with E-state index in [0.717, 1.165) is 87.0 Å². The summed E-state index contributed by atoms with van der Waals surface area (Å²) in [7, 11) is 4.05. The second-order valence-electron chi connectivity index (χ2n) is 15.4. The van der Waals surface area contributed by atoms with Crippen molar-refractivity contribution in [2.45, 2.75) is 95.1 Å². The predicted octanol–water partition coefficient (Wildman–Crippen LogP) is 5.99. The number of nitrogens with zero attached hydrogens (tertiary/aromatic N) is 7. The molecule has 49 heavy (non-hydrogen) atoms. The van der Waals surface area contributed by atoms with Crippen LogP contribution in [0.5, 0.6) is 0 Å². The molecule has 2 amide bonds. The zero-order valence-electron chi connectivity index (χ0n) is 29.3. The van der Waals surface area contributed by atoms with Crippen molar-refractivity contribution in [1.82, 2.24) is 24.6 Å². The number of carbonyl (C=O) groups excluding carboxylic acids is 2. The Balaban J connectivity index is 1.07. The third-order valence-corrected chi connectivity index (χ3v) is 11.9. The minimum absolute atomic E-state index is 0.0500. The second kappa shape index (κ2) is 13.7. The van der Waals surface area contributed by atoms with Gasteiger partial charge in [0.1, 0.15) is 18.2 Å². The van der Waals surface area contributed by atoms with Gasteiger partial charge in [-0.2, -0.15) is 5.10 Å². The molecule has 1 N–H and O–H groups in total. The predicted molar refractivity (Wildman–Crippen MR) is 188 cm³/mol. The lowest BCUT2D eigenvalue weighted by atomic mass is 9.52. The second-order valence-corrected chi connectivity index (χ2v) is 15.4. The number of anilines is 2. The van der Waals surface area contributed by atoms with E-state index in [1.54, 1.807) is 4.68 Å². The number of fused-ring (bicyclic) bond motifs is 3. The number of pyridine rings is 2. The van der Waals surface area contributed by atoms with Crippen LogP contribution >= 0.6 is 0 Å². The van der Waals surface area contributed by atoms with Gasteiger partial charge >= 0.3 is 6.09 Å². The molecule has 2 bridgehead atoms. The monoisotopic (exact) mass is 669 g/mol. The van der Waals surface area contributed by atoms with Crippen LogP contribution in [-0.4, -0.2) is 88.2 Å². The number of hydrogen-bond acceptors (Lipinski definition) is 8. The summed E-state index contributed by atoms with van der Waals surface area (Å²) in [4.78, 5) is 41.7. The summed E-state index contributed by atoms with van der Waals surface area (Å²) in [6.07, 6.45) is 18.8. The summed E-state index contributed by atoms with van der Waals surface area (Å²) in [6, 6.07) is 8.28. The molecule has 1 atom stereocenters. The van der Waals surface area contributed by atoms with E-state index >= 15 is 0 Å². The molecule has 4 heterocycles. The Bertz CT molecular complexity index is 1600. The van der Waals surface area contributed by atoms with Crippen molar-refractivity contribution < 1.29 is 19.4 Å². The fourth-order valence-electron chi connectivity index (χ4n) is 8.51. The number of aromatic nitrogens is 4. The van der Waals surface area contributed by atoms with Crippen LogP contribution in [-0.2, 0) is 14.9 Å². The van der Waals surface area contributed by atoms with Crippen molar-refractivity contribution in [2.75, 3.05) is 50.1 Å². The van der Waals surface area contributed by atoms with E-state index in [0.29, 0.717) is 19.6 Å². The lowest BCUT2D eigenvalue weighted by molar-refractivity contribution is -0.124. The van der Waals surface area contributed by atoms with Gasteiger partial charge in [0, 0.05) is 50.7 Å². The number of hydrogen-bond donors (Lipinski definition) is 1. The number of aliphatic hydroxyl groups excluding tert-OH is 1. The van der Waals surface area contributed by atoms with Crippen LogP contribution in [0.4, 0.5) is 16.4 Å². The molecule has 3 aromatic heterocycles. The van der Waals surface area contributed by atoms with Crippen molar-refractivity contribution in [3.63, 3.8) is 0 Å².